The van der Waals surface area contributed by atoms with Gasteiger partial charge in [0, 0.05) is 5.56 Å². The zero-order valence-electron chi connectivity index (χ0n) is 13.3. The molecule has 1 N–H and O–H groups in total. The predicted octanol–water partition coefficient (Wildman–Crippen LogP) is 4.82. The van der Waals surface area contributed by atoms with Crippen LogP contribution in [-0.4, -0.2) is 7.05 Å². The van der Waals surface area contributed by atoms with Crippen molar-refractivity contribution in [1.29, 1.82) is 0 Å². The Hall–Kier alpha value is -1.67. The van der Waals surface area contributed by atoms with Crippen molar-refractivity contribution < 1.29 is 4.39 Å². The van der Waals surface area contributed by atoms with Crippen molar-refractivity contribution in [2.45, 2.75) is 38.6 Å². The largest absolute Gasteiger partial charge is 0.309 e. The molecule has 0 saturated heterocycles. The third-order valence-electron chi connectivity index (χ3n) is 4.41. The van der Waals surface area contributed by atoms with Gasteiger partial charge in [0.2, 0.25) is 0 Å². The Balaban J connectivity index is 2.34. The number of hydrogen-bond acceptors (Lipinski definition) is 1. The minimum Gasteiger partial charge on any atom is -0.309 e. The molecule has 1 nitrogen and oxygen atoms in total. The summed E-state index contributed by atoms with van der Waals surface area (Å²) in [7, 11) is 1.86. The van der Waals surface area contributed by atoms with Gasteiger partial charge in [0.1, 0.15) is 5.82 Å². The lowest BCUT2D eigenvalue weighted by Gasteiger charge is -2.24. The predicted molar refractivity (Wildman–Crippen MR) is 87.1 cm³/mol. The molecular formula is C19H24FN. The molecule has 21 heavy (non-hydrogen) atoms. The van der Waals surface area contributed by atoms with Crippen molar-refractivity contribution in [1.82, 2.24) is 5.32 Å². The molecule has 1 unspecified atom stereocenters. The summed E-state index contributed by atoms with van der Waals surface area (Å²) in [5, 5.41) is 3.21. The molecular weight excluding hydrogens is 261 g/mol. The summed E-state index contributed by atoms with van der Waals surface area (Å²) in [6, 6.07) is 15.3. The molecule has 0 saturated carbocycles. The van der Waals surface area contributed by atoms with Crippen molar-refractivity contribution >= 4 is 0 Å². The molecule has 0 amide bonds. The van der Waals surface area contributed by atoms with Gasteiger partial charge >= 0.3 is 0 Å². The summed E-state index contributed by atoms with van der Waals surface area (Å²) >= 11 is 0. The number of benzene rings is 2. The van der Waals surface area contributed by atoms with E-state index >= 15 is 0 Å². The summed E-state index contributed by atoms with van der Waals surface area (Å²) in [6.45, 7) is 6.69. The highest BCUT2D eigenvalue weighted by atomic mass is 19.1. The maximum absolute atomic E-state index is 14.0. The lowest BCUT2D eigenvalue weighted by molar-refractivity contribution is 0.505. The van der Waals surface area contributed by atoms with Crippen LogP contribution in [0.25, 0.3) is 0 Å². The number of rotatable bonds is 5. The first-order valence-electron chi connectivity index (χ1n) is 7.51. The van der Waals surface area contributed by atoms with Gasteiger partial charge in [-0.2, -0.15) is 0 Å². The second kappa shape index (κ2) is 6.40. The zero-order chi connectivity index (χ0) is 15.5. The van der Waals surface area contributed by atoms with Crippen molar-refractivity contribution in [3.63, 3.8) is 0 Å². The van der Waals surface area contributed by atoms with Gasteiger partial charge in [-0.1, -0.05) is 63.2 Å². The third-order valence-corrected chi connectivity index (χ3v) is 4.41. The maximum Gasteiger partial charge on any atom is 0.128 e. The van der Waals surface area contributed by atoms with Crippen LogP contribution < -0.4 is 5.32 Å². The minimum absolute atomic E-state index is 0.120. The van der Waals surface area contributed by atoms with Gasteiger partial charge < -0.3 is 5.32 Å². The van der Waals surface area contributed by atoms with E-state index in [1.54, 1.807) is 6.07 Å². The Morgan fingerprint density at radius 2 is 1.67 bits per heavy atom. The van der Waals surface area contributed by atoms with Crippen LogP contribution in [0.15, 0.2) is 48.5 Å². The topological polar surface area (TPSA) is 12.0 Å². The second-order valence-corrected chi connectivity index (χ2v) is 6.10. The van der Waals surface area contributed by atoms with Gasteiger partial charge in [-0.3, -0.25) is 0 Å². The summed E-state index contributed by atoms with van der Waals surface area (Å²) in [5.74, 6) is -0.171. The molecule has 1 atom stereocenters. The molecule has 112 valence electrons. The fourth-order valence-electron chi connectivity index (χ4n) is 2.54. The average molecular weight is 285 g/mol. The summed E-state index contributed by atoms with van der Waals surface area (Å²) in [6.07, 6.45) is 1.09. The molecule has 0 fully saturated rings. The van der Waals surface area contributed by atoms with E-state index in [1.165, 1.54) is 11.6 Å². The van der Waals surface area contributed by atoms with Crippen LogP contribution in [0.3, 0.4) is 0 Å². The quantitative estimate of drug-likeness (QED) is 0.830. The van der Waals surface area contributed by atoms with Crippen LogP contribution in [0.2, 0.25) is 0 Å². The van der Waals surface area contributed by atoms with E-state index in [1.807, 2.05) is 19.2 Å². The van der Waals surface area contributed by atoms with E-state index in [-0.39, 0.29) is 17.3 Å². The SMILES string of the molecule is CCC(C)(C)c1ccc(C(NC)c2ccccc2F)cc1. The van der Waals surface area contributed by atoms with E-state index < -0.39 is 0 Å². The number of halogens is 1. The molecule has 2 heteroatoms. The van der Waals surface area contributed by atoms with Gasteiger partial charge in [-0.05, 0) is 36.1 Å². The smallest absolute Gasteiger partial charge is 0.128 e. The van der Waals surface area contributed by atoms with Gasteiger partial charge in [-0.15, -0.1) is 0 Å². The van der Waals surface area contributed by atoms with Crippen LogP contribution in [-0.2, 0) is 5.41 Å². The standard InChI is InChI=1S/C19H24FN/c1-5-19(2,3)15-12-10-14(11-13-15)18(21-4)16-8-6-7-9-17(16)20/h6-13,18,21H,5H2,1-4H3. The highest BCUT2D eigenvalue weighted by Crippen LogP contribution is 2.29. The molecule has 2 aromatic carbocycles. The van der Waals surface area contributed by atoms with Crippen molar-refractivity contribution in [3.05, 3.63) is 71.0 Å². The summed E-state index contributed by atoms with van der Waals surface area (Å²) in [5.41, 5.74) is 3.25. The Kier molecular flexibility index (Phi) is 4.79. The highest BCUT2D eigenvalue weighted by Gasteiger charge is 2.20. The van der Waals surface area contributed by atoms with Gasteiger partial charge in [0.05, 0.1) is 6.04 Å². The van der Waals surface area contributed by atoms with Crippen LogP contribution in [0, 0.1) is 5.82 Å². The van der Waals surface area contributed by atoms with Crippen molar-refractivity contribution in [2.75, 3.05) is 7.05 Å². The Labute approximate surface area is 127 Å². The third kappa shape index (κ3) is 3.33. The lowest BCUT2D eigenvalue weighted by atomic mass is 9.81. The van der Waals surface area contributed by atoms with Crippen LogP contribution >= 0.6 is 0 Å². The minimum atomic E-state index is -0.171. The molecule has 0 spiro atoms. The first kappa shape index (κ1) is 15.7. The fraction of sp³-hybridized carbons (Fsp3) is 0.368. The monoisotopic (exact) mass is 285 g/mol. The van der Waals surface area contributed by atoms with Crippen LogP contribution in [0.4, 0.5) is 4.39 Å². The molecule has 2 rings (SSSR count). The first-order valence-corrected chi connectivity index (χ1v) is 7.51. The second-order valence-electron chi connectivity index (χ2n) is 6.10. The van der Waals surface area contributed by atoms with E-state index in [0.717, 1.165) is 12.0 Å². The average Bonchev–Trinajstić information content (AvgIpc) is 2.50. The molecule has 0 aliphatic rings. The van der Waals surface area contributed by atoms with Crippen LogP contribution in [0.5, 0.6) is 0 Å². The fourth-order valence-corrected chi connectivity index (χ4v) is 2.54. The Morgan fingerprint density at radius 3 is 2.19 bits per heavy atom. The molecule has 0 bridgehead atoms. The van der Waals surface area contributed by atoms with Gasteiger partial charge in [0.15, 0.2) is 0 Å². The Bertz CT molecular complexity index is 587. The first-order chi connectivity index (χ1) is 9.99. The molecule has 0 radical (unpaired) electrons. The Morgan fingerprint density at radius 1 is 1.05 bits per heavy atom. The maximum atomic E-state index is 14.0. The van der Waals surface area contributed by atoms with Crippen molar-refractivity contribution in [3.8, 4) is 0 Å². The number of nitrogens with one attached hydrogen (secondary N) is 1. The van der Waals surface area contributed by atoms with Gasteiger partial charge in [-0.25, -0.2) is 4.39 Å². The molecule has 0 heterocycles. The zero-order valence-corrected chi connectivity index (χ0v) is 13.3. The molecule has 2 aromatic rings. The number of hydrogen-bond donors (Lipinski definition) is 1. The van der Waals surface area contributed by atoms with Crippen molar-refractivity contribution in [2.24, 2.45) is 0 Å². The van der Waals surface area contributed by atoms with E-state index in [9.17, 15) is 4.39 Å². The normalized spacial score (nSPS) is 13.2. The summed E-state index contributed by atoms with van der Waals surface area (Å²) < 4.78 is 14.0. The van der Waals surface area contributed by atoms with Gasteiger partial charge in [0.25, 0.3) is 0 Å². The molecule has 0 aliphatic heterocycles. The van der Waals surface area contributed by atoms with E-state index in [2.05, 4.69) is 50.4 Å². The lowest BCUT2D eigenvalue weighted by Crippen LogP contribution is -2.20. The van der Waals surface area contributed by atoms with E-state index in [4.69, 9.17) is 0 Å². The van der Waals surface area contributed by atoms with Crippen LogP contribution in [0.1, 0.15) is 49.9 Å². The molecule has 0 aliphatic carbocycles. The molecule has 0 aromatic heterocycles. The highest BCUT2D eigenvalue weighted by molar-refractivity contribution is 5.36. The summed E-state index contributed by atoms with van der Waals surface area (Å²) in [4.78, 5) is 0. The van der Waals surface area contributed by atoms with E-state index in [0.29, 0.717) is 5.56 Å².